The van der Waals surface area contributed by atoms with Crippen LogP contribution in [-0.2, 0) is 19.0 Å². The summed E-state index contributed by atoms with van der Waals surface area (Å²) in [6, 6.07) is 0. The van der Waals surface area contributed by atoms with Gasteiger partial charge in [0.25, 0.3) is 5.91 Å². The molecule has 0 saturated heterocycles. The van der Waals surface area contributed by atoms with Crippen molar-refractivity contribution in [1.29, 1.82) is 0 Å². The summed E-state index contributed by atoms with van der Waals surface area (Å²) in [4.78, 5) is 34.5. The maximum Gasteiger partial charge on any atom is 0.405 e. The predicted molar refractivity (Wildman–Crippen MR) is 171 cm³/mol. The number of allylic oxidation sites excluding steroid dienone is 5. The van der Waals surface area contributed by atoms with Crippen LogP contribution in [0.2, 0.25) is 0 Å². The molecule has 2 aliphatic carbocycles. The van der Waals surface area contributed by atoms with Crippen LogP contribution in [0.25, 0.3) is 18.2 Å². The summed E-state index contributed by atoms with van der Waals surface area (Å²) in [5, 5.41) is 26.5. The molecule has 3 aliphatic rings. The molecule has 8 unspecified atom stereocenters. The van der Waals surface area contributed by atoms with Gasteiger partial charge in [-0.3, -0.25) is 4.79 Å². The molecule has 2 bridgehead atoms. The SMILES string of the molecule is COC1/C=C\C=C(/C)C(=O)NC2=C(O)C(CC(C)CC(OC)C(O)C(C)/C=C(\C)C1OC(N)=O)c1nc3c(nc1=C2)C=CC(F)C=3. The van der Waals surface area contributed by atoms with Crippen LogP contribution in [0.5, 0.6) is 0 Å². The number of aliphatic hydroxyl groups is 2. The van der Waals surface area contributed by atoms with Crippen LogP contribution in [0.4, 0.5) is 9.18 Å². The van der Waals surface area contributed by atoms with Crippen LogP contribution >= 0.6 is 0 Å². The zero-order valence-corrected chi connectivity index (χ0v) is 26.9. The van der Waals surface area contributed by atoms with Crippen molar-refractivity contribution in [3.05, 3.63) is 75.1 Å². The first-order valence-electron chi connectivity index (χ1n) is 15.2. The van der Waals surface area contributed by atoms with Crippen LogP contribution in [0, 0.1) is 11.8 Å². The van der Waals surface area contributed by atoms with Crippen LogP contribution in [0.15, 0.2) is 53.0 Å². The van der Waals surface area contributed by atoms with Crippen LogP contribution in [-0.4, -0.2) is 77.0 Å². The quantitative estimate of drug-likeness (QED) is 0.364. The third-order valence-corrected chi connectivity index (χ3v) is 8.52. The van der Waals surface area contributed by atoms with Gasteiger partial charge in [0.05, 0.1) is 45.9 Å². The maximum atomic E-state index is 14.2. The molecular formula is C34H43FN4O7. The number of nitrogens with two attached hydrogens (primary N) is 1. The second-order valence-corrected chi connectivity index (χ2v) is 12.1. The lowest BCUT2D eigenvalue weighted by molar-refractivity contribution is -0.116. The number of fused-ring (bicyclic) bond motifs is 4. The second-order valence-electron chi connectivity index (χ2n) is 12.1. The van der Waals surface area contributed by atoms with Gasteiger partial charge in [-0.2, -0.15) is 0 Å². The molecule has 8 atom stereocenters. The lowest BCUT2D eigenvalue weighted by Crippen LogP contribution is -2.38. The van der Waals surface area contributed by atoms with E-state index in [1.54, 1.807) is 50.3 Å². The first-order valence-corrected chi connectivity index (χ1v) is 15.2. The number of primary amides is 1. The van der Waals surface area contributed by atoms with Gasteiger partial charge in [-0.1, -0.05) is 38.2 Å². The number of hydrogen-bond acceptors (Lipinski definition) is 9. The first-order chi connectivity index (χ1) is 21.8. The molecule has 1 aromatic heterocycles. The Morgan fingerprint density at radius 1 is 1.09 bits per heavy atom. The van der Waals surface area contributed by atoms with E-state index in [2.05, 4.69) is 10.3 Å². The number of methoxy groups -OCH3 is 2. The average Bonchev–Trinajstić information content (AvgIpc) is 3.01. The normalized spacial score (nSPS) is 33.5. The van der Waals surface area contributed by atoms with E-state index in [9.17, 15) is 24.2 Å². The minimum atomic E-state index is -1.30. The molecule has 0 radical (unpaired) electrons. The van der Waals surface area contributed by atoms with Crippen molar-refractivity contribution < 1.29 is 38.4 Å². The smallest absolute Gasteiger partial charge is 0.405 e. The Morgan fingerprint density at radius 3 is 2.50 bits per heavy atom. The van der Waals surface area contributed by atoms with Crippen molar-refractivity contribution in [3.8, 4) is 0 Å². The number of nitrogens with one attached hydrogen (secondary N) is 1. The molecule has 2 amide bonds. The lowest BCUT2D eigenvalue weighted by Gasteiger charge is -2.31. The highest BCUT2D eigenvalue weighted by Gasteiger charge is 2.33. The molecular weight excluding hydrogens is 595 g/mol. The summed E-state index contributed by atoms with van der Waals surface area (Å²) >= 11 is 0. The van der Waals surface area contributed by atoms with E-state index in [0.717, 1.165) is 0 Å². The van der Waals surface area contributed by atoms with Crippen LogP contribution in [0.1, 0.15) is 57.8 Å². The highest BCUT2D eigenvalue weighted by molar-refractivity contribution is 5.95. The van der Waals surface area contributed by atoms with Crippen molar-refractivity contribution >= 4 is 30.2 Å². The van der Waals surface area contributed by atoms with Crippen LogP contribution in [0.3, 0.4) is 0 Å². The minimum absolute atomic E-state index is 0.0984. The molecule has 0 saturated carbocycles. The largest absolute Gasteiger partial charge is 0.509 e. The number of carbonyl (C=O) groups excluding carboxylic acids is 2. The third kappa shape index (κ3) is 7.98. The zero-order valence-electron chi connectivity index (χ0n) is 26.9. The van der Waals surface area contributed by atoms with Gasteiger partial charge in [0, 0.05) is 25.7 Å². The molecule has 0 aromatic carbocycles. The van der Waals surface area contributed by atoms with Crippen molar-refractivity contribution in [2.45, 2.75) is 77.0 Å². The molecule has 0 spiro atoms. The Labute approximate surface area is 267 Å². The summed E-state index contributed by atoms with van der Waals surface area (Å²) in [5.41, 5.74) is 7.42. The first kappa shape index (κ1) is 34.7. The molecule has 46 heavy (non-hydrogen) atoms. The summed E-state index contributed by atoms with van der Waals surface area (Å²) < 4.78 is 30.9. The molecule has 1 aliphatic heterocycles. The number of rotatable bonds is 3. The average molecular weight is 639 g/mol. The Bertz CT molecular complexity index is 1620. The van der Waals surface area contributed by atoms with Crippen molar-refractivity contribution in [2.75, 3.05) is 14.2 Å². The number of alkyl halides is 1. The molecule has 248 valence electrons. The number of amides is 2. The van der Waals surface area contributed by atoms with Gasteiger partial charge >= 0.3 is 6.09 Å². The van der Waals surface area contributed by atoms with Gasteiger partial charge in [-0.25, -0.2) is 19.2 Å². The van der Waals surface area contributed by atoms with E-state index in [4.69, 9.17) is 24.9 Å². The summed E-state index contributed by atoms with van der Waals surface area (Å²) in [6.45, 7) is 7.15. The molecule has 2 heterocycles. The highest BCUT2D eigenvalue weighted by atomic mass is 19.1. The fourth-order valence-electron chi connectivity index (χ4n) is 6.01. The fraction of sp³-hybridized carbons (Fsp3) is 0.471. The van der Waals surface area contributed by atoms with E-state index in [0.29, 0.717) is 46.1 Å². The van der Waals surface area contributed by atoms with Crippen molar-refractivity contribution in [3.63, 3.8) is 0 Å². The predicted octanol–water partition coefficient (Wildman–Crippen LogP) is 2.76. The maximum absolute atomic E-state index is 14.2. The van der Waals surface area contributed by atoms with Gasteiger partial charge in [0.1, 0.15) is 18.0 Å². The van der Waals surface area contributed by atoms with Gasteiger partial charge in [0.2, 0.25) is 0 Å². The second kappa shape index (κ2) is 15.0. The van der Waals surface area contributed by atoms with Crippen LogP contribution < -0.4 is 21.7 Å². The molecule has 5 N–H and O–H groups in total. The summed E-state index contributed by atoms with van der Waals surface area (Å²) in [5.74, 6) is -1.79. The number of aromatic nitrogens is 2. The van der Waals surface area contributed by atoms with Crippen molar-refractivity contribution in [1.82, 2.24) is 15.3 Å². The van der Waals surface area contributed by atoms with E-state index < -0.39 is 54.4 Å². The molecule has 1 aromatic rings. The number of aliphatic hydroxyl groups excluding tert-OH is 2. The van der Waals surface area contributed by atoms with E-state index in [-0.39, 0.29) is 17.4 Å². The number of hydrogen-bond donors (Lipinski definition) is 4. The number of halogens is 1. The number of nitrogens with zero attached hydrogens (tertiary/aromatic N) is 2. The van der Waals surface area contributed by atoms with E-state index >= 15 is 0 Å². The van der Waals surface area contributed by atoms with Gasteiger partial charge < -0.3 is 35.5 Å². The van der Waals surface area contributed by atoms with Gasteiger partial charge in [0.15, 0.2) is 6.10 Å². The van der Waals surface area contributed by atoms with E-state index in [1.165, 1.54) is 26.4 Å². The standard InChI is InChI=1S/C34H43FN4O7/c1-17-12-22-29-25(37-23-11-10-21(35)15-24(23)38-29)16-26(31(22)41)39-33(42)18(2)8-7-9-27(44-5)32(46-34(36)43)20(4)14-19(3)30(40)28(13-17)45-6/h7-11,14-17,19,21-22,27-28,30,32,40-41H,12-13H2,1-6H3,(H2,36,43)(H,39,42)/b9-7-,18-8+,20-14+. The Kier molecular flexibility index (Phi) is 11.3. The molecule has 12 heteroatoms. The number of ether oxygens (including phenoxy) is 3. The Hall–Kier alpha value is -4.13. The Morgan fingerprint density at radius 2 is 1.83 bits per heavy atom. The summed E-state index contributed by atoms with van der Waals surface area (Å²) in [6.07, 6.45) is 7.71. The number of carbonyl (C=O) groups is 2. The summed E-state index contributed by atoms with van der Waals surface area (Å²) in [7, 11) is 2.97. The lowest BCUT2D eigenvalue weighted by atomic mass is 9.83. The minimum Gasteiger partial charge on any atom is -0.509 e. The zero-order chi connectivity index (χ0) is 33.7. The highest BCUT2D eigenvalue weighted by Crippen LogP contribution is 2.33. The Balaban J connectivity index is 1.81. The molecule has 4 rings (SSSR count). The fourth-order valence-corrected chi connectivity index (χ4v) is 6.01. The monoisotopic (exact) mass is 638 g/mol. The topological polar surface area (TPSA) is 166 Å². The molecule has 11 nitrogen and oxygen atoms in total. The van der Waals surface area contributed by atoms with E-state index in [1.807, 2.05) is 13.8 Å². The van der Waals surface area contributed by atoms with Crippen molar-refractivity contribution in [2.24, 2.45) is 17.6 Å². The van der Waals surface area contributed by atoms with Gasteiger partial charge in [-0.15, -0.1) is 0 Å². The van der Waals surface area contributed by atoms with Gasteiger partial charge in [-0.05, 0) is 62.5 Å². The molecule has 0 fully saturated rings. The third-order valence-electron chi connectivity index (χ3n) is 8.52.